The molecule has 1 unspecified atom stereocenters. The Morgan fingerprint density at radius 1 is 1.15 bits per heavy atom. The van der Waals surface area contributed by atoms with Crippen LogP contribution in [0.25, 0.3) is 5.70 Å². The van der Waals surface area contributed by atoms with Gasteiger partial charge < -0.3 is 15.8 Å². The summed E-state index contributed by atoms with van der Waals surface area (Å²) in [6, 6.07) is 12.9. The molecule has 3 N–H and O–H groups in total. The number of benzene rings is 2. The van der Waals surface area contributed by atoms with Crippen LogP contribution in [0.5, 0.6) is 5.75 Å². The van der Waals surface area contributed by atoms with E-state index < -0.39 is 11.9 Å². The number of amides is 3. The fraction of sp³-hybridized carbons (Fsp3) is 0.150. The molecule has 7 heteroatoms. The van der Waals surface area contributed by atoms with Gasteiger partial charge in [-0.05, 0) is 37.3 Å². The summed E-state index contributed by atoms with van der Waals surface area (Å²) in [5.74, 6) is -0.701. The first-order chi connectivity index (χ1) is 12.9. The summed E-state index contributed by atoms with van der Waals surface area (Å²) < 4.78 is 5.17. The molecule has 0 bridgehead atoms. The number of carbonyl (C=O) groups is 3. The highest BCUT2D eigenvalue weighted by atomic mass is 16.5. The second-order valence-corrected chi connectivity index (χ2v) is 6.11. The molecular weight excluding hydrogens is 346 g/mol. The van der Waals surface area contributed by atoms with Crippen molar-refractivity contribution in [2.75, 3.05) is 11.9 Å². The van der Waals surface area contributed by atoms with Crippen molar-refractivity contribution in [1.82, 2.24) is 4.90 Å². The minimum atomic E-state index is -0.733. The molecule has 0 saturated heterocycles. The van der Waals surface area contributed by atoms with Crippen LogP contribution in [0.15, 0.2) is 55.1 Å². The minimum Gasteiger partial charge on any atom is -0.484 e. The summed E-state index contributed by atoms with van der Waals surface area (Å²) in [5.41, 5.74) is 7.34. The predicted molar refractivity (Wildman–Crippen MR) is 101 cm³/mol. The number of hydrogen-bond acceptors (Lipinski definition) is 4. The molecule has 2 aromatic rings. The van der Waals surface area contributed by atoms with Gasteiger partial charge in [0.1, 0.15) is 11.8 Å². The van der Waals surface area contributed by atoms with Gasteiger partial charge in [-0.15, -0.1) is 0 Å². The number of carbonyl (C=O) groups excluding carboxylic acids is 3. The Morgan fingerprint density at radius 3 is 2.37 bits per heavy atom. The zero-order valence-electron chi connectivity index (χ0n) is 14.8. The van der Waals surface area contributed by atoms with E-state index >= 15 is 0 Å². The lowest BCUT2D eigenvalue weighted by atomic mass is 10.1. The summed E-state index contributed by atoms with van der Waals surface area (Å²) in [6.45, 7) is 5.38. The van der Waals surface area contributed by atoms with E-state index in [0.717, 1.165) is 5.56 Å². The molecule has 0 aliphatic carbocycles. The monoisotopic (exact) mass is 365 g/mol. The van der Waals surface area contributed by atoms with Crippen LogP contribution < -0.4 is 15.8 Å². The number of nitrogens with one attached hydrogen (secondary N) is 1. The smallest absolute Gasteiger partial charge is 0.259 e. The number of fused-ring (bicyclic) bond motifs is 1. The van der Waals surface area contributed by atoms with E-state index in [1.54, 1.807) is 43.3 Å². The lowest BCUT2D eigenvalue weighted by molar-refractivity contribution is -0.120. The van der Waals surface area contributed by atoms with Crippen LogP contribution in [0, 0.1) is 0 Å². The van der Waals surface area contributed by atoms with Crippen molar-refractivity contribution in [1.29, 1.82) is 0 Å². The zero-order chi connectivity index (χ0) is 19.6. The van der Waals surface area contributed by atoms with E-state index in [-0.39, 0.29) is 18.4 Å². The fourth-order valence-corrected chi connectivity index (χ4v) is 2.87. The Morgan fingerprint density at radius 2 is 1.78 bits per heavy atom. The predicted octanol–water partition coefficient (Wildman–Crippen LogP) is 2.00. The van der Waals surface area contributed by atoms with Crippen LogP contribution in [-0.4, -0.2) is 35.3 Å². The molecule has 2 aromatic carbocycles. The van der Waals surface area contributed by atoms with E-state index in [1.807, 2.05) is 12.1 Å². The quantitative estimate of drug-likeness (QED) is 0.817. The van der Waals surface area contributed by atoms with Crippen molar-refractivity contribution in [3.05, 3.63) is 66.2 Å². The third-order valence-corrected chi connectivity index (χ3v) is 4.25. The lowest BCUT2D eigenvalue weighted by Crippen LogP contribution is -2.41. The number of nitrogens with zero attached hydrogens (tertiary/aromatic N) is 1. The van der Waals surface area contributed by atoms with Crippen LogP contribution in [0.3, 0.4) is 0 Å². The molecule has 0 saturated carbocycles. The van der Waals surface area contributed by atoms with Crippen molar-refractivity contribution in [3.8, 4) is 5.75 Å². The Bertz CT molecular complexity index is 886. The van der Waals surface area contributed by atoms with Gasteiger partial charge in [0.15, 0.2) is 6.61 Å². The first kappa shape index (κ1) is 18.2. The normalized spacial score (nSPS) is 13.9. The molecule has 27 heavy (non-hydrogen) atoms. The van der Waals surface area contributed by atoms with Gasteiger partial charge in [0.25, 0.3) is 11.8 Å². The van der Waals surface area contributed by atoms with Gasteiger partial charge >= 0.3 is 0 Å². The van der Waals surface area contributed by atoms with Gasteiger partial charge in [-0.25, -0.2) is 0 Å². The number of anilines is 1. The van der Waals surface area contributed by atoms with Gasteiger partial charge in [0, 0.05) is 22.5 Å². The van der Waals surface area contributed by atoms with E-state index in [9.17, 15) is 14.4 Å². The SMILES string of the molecule is C=C1c2ccccc2C(=O)N1C(C)C(=O)Nc1ccc(OCC(N)=O)cc1. The van der Waals surface area contributed by atoms with Crippen molar-refractivity contribution < 1.29 is 19.1 Å². The first-order valence-electron chi connectivity index (χ1n) is 8.32. The Hall–Kier alpha value is -3.61. The molecule has 138 valence electrons. The number of rotatable bonds is 6. The van der Waals surface area contributed by atoms with Crippen molar-refractivity contribution in [2.45, 2.75) is 13.0 Å². The van der Waals surface area contributed by atoms with Gasteiger partial charge in [0.05, 0.1) is 0 Å². The molecule has 1 aliphatic rings. The Kier molecular flexibility index (Phi) is 4.94. The number of ether oxygens (including phenoxy) is 1. The highest BCUT2D eigenvalue weighted by Gasteiger charge is 2.36. The van der Waals surface area contributed by atoms with Crippen molar-refractivity contribution in [2.24, 2.45) is 5.73 Å². The fourth-order valence-electron chi connectivity index (χ4n) is 2.87. The topological polar surface area (TPSA) is 102 Å². The van der Waals surface area contributed by atoms with E-state index in [1.165, 1.54) is 4.90 Å². The number of hydrogen-bond donors (Lipinski definition) is 2. The number of nitrogens with two attached hydrogens (primary N) is 1. The zero-order valence-corrected chi connectivity index (χ0v) is 14.8. The van der Waals surface area contributed by atoms with Gasteiger partial charge in [-0.3, -0.25) is 19.3 Å². The van der Waals surface area contributed by atoms with Crippen LogP contribution in [0.1, 0.15) is 22.8 Å². The summed E-state index contributed by atoms with van der Waals surface area (Å²) in [5, 5.41) is 2.76. The molecule has 3 amide bonds. The molecule has 0 spiro atoms. The maximum absolute atomic E-state index is 12.6. The third kappa shape index (κ3) is 3.67. The highest BCUT2D eigenvalue weighted by Crippen LogP contribution is 2.33. The Labute approximate surface area is 156 Å². The number of primary amides is 1. The van der Waals surface area contributed by atoms with Gasteiger partial charge in [-0.2, -0.15) is 0 Å². The maximum atomic E-state index is 12.6. The van der Waals surface area contributed by atoms with Gasteiger partial charge in [0.2, 0.25) is 5.91 Å². The van der Waals surface area contributed by atoms with E-state index in [0.29, 0.717) is 22.7 Å². The average molecular weight is 365 g/mol. The van der Waals surface area contributed by atoms with Crippen LogP contribution in [0.4, 0.5) is 5.69 Å². The summed E-state index contributed by atoms with van der Waals surface area (Å²) in [4.78, 5) is 37.3. The highest BCUT2D eigenvalue weighted by molar-refractivity contribution is 6.11. The Balaban J connectivity index is 1.67. The molecule has 0 aromatic heterocycles. The van der Waals surface area contributed by atoms with Crippen LogP contribution in [0.2, 0.25) is 0 Å². The molecule has 1 aliphatic heterocycles. The molecule has 1 atom stereocenters. The van der Waals surface area contributed by atoms with Crippen molar-refractivity contribution in [3.63, 3.8) is 0 Å². The maximum Gasteiger partial charge on any atom is 0.259 e. The average Bonchev–Trinajstić information content (AvgIpc) is 2.91. The largest absolute Gasteiger partial charge is 0.484 e. The summed E-state index contributed by atoms with van der Waals surface area (Å²) >= 11 is 0. The summed E-state index contributed by atoms with van der Waals surface area (Å²) in [7, 11) is 0. The standard InChI is InChI=1S/C20H19N3O4/c1-12-16-5-3-4-6-17(16)20(26)23(12)13(2)19(25)22-14-7-9-15(10-8-14)27-11-18(21)24/h3-10,13H,1,11H2,2H3,(H2,21,24)(H,22,25). The van der Waals surface area contributed by atoms with Crippen LogP contribution >= 0.6 is 0 Å². The van der Waals surface area contributed by atoms with Crippen LogP contribution in [-0.2, 0) is 9.59 Å². The molecule has 0 radical (unpaired) electrons. The molecule has 3 rings (SSSR count). The van der Waals surface area contributed by atoms with Gasteiger partial charge in [-0.1, -0.05) is 24.8 Å². The van der Waals surface area contributed by atoms with E-state index in [4.69, 9.17) is 10.5 Å². The lowest BCUT2D eigenvalue weighted by Gasteiger charge is -2.24. The van der Waals surface area contributed by atoms with E-state index in [2.05, 4.69) is 11.9 Å². The second kappa shape index (κ2) is 7.33. The molecular formula is C20H19N3O4. The molecule has 7 nitrogen and oxygen atoms in total. The second-order valence-electron chi connectivity index (χ2n) is 6.11. The van der Waals surface area contributed by atoms with Crippen molar-refractivity contribution >= 4 is 29.1 Å². The third-order valence-electron chi connectivity index (χ3n) is 4.25. The minimum absolute atomic E-state index is 0.220. The first-order valence-corrected chi connectivity index (χ1v) is 8.32. The molecule has 1 heterocycles. The summed E-state index contributed by atoms with van der Waals surface area (Å²) in [6.07, 6.45) is 0. The molecule has 0 fully saturated rings.